The highest BCUT2D eigenvalue weighted by Gasteiger charge is 2.17. The normalized spacial score (nSPS) is 10.1. The third kappa shape index (κ3) is 2.27. The molecule has 2 aromatic carbocycles. The van der Waals surface area contributed by atoms with Gasteiger partial charge < -0.3 is 15.1 Å². The second-order valence-electron chi connectivity index (χ2n) is 3.90. The number of benzene rings is 2. The van der Waals surface area contributed by atoms with Gasteiger partial charge in [-0.25, -0.2) is 0 Å². The lowest BCUT2D eigenvalue weighted by Crippen LogP contribution is -2.26. The molecule has 0 aromatic heterocycles. The van der Waals surface area contributed by atoms with E-state index in [1.54, 1.807) is 19.2 Å². The fraction of sp³-hybridized carbons (Fsp3) is 0.0714. The molecule has 0 radical (unpaired) electrons. The molecule has 0 aliphatic carbocycles. The molecule has 0 fully saturated rings. The predicted molar refractivity (Wildman–Crippen MR) is 68.9 cm³/mol. The molecular weight excluding hydrogens is 230 g/mol. The molecule has 0 unspecified atom stereocenters. The number of nitrogens with zero attached hydrogens (tertiary/aromatic N) is 1. The van der Waals surface area contributed by atoms with E-state index < -0.39 is 0 Å². The van der Waals surface area contributed by atoms with Crippen LogP contribution >= 0.6 is 0 Å². The third-order valence-corrected chi connectivity index (χ3v) is 2.66. The van der Waals surface area contributed by atoms with Gasteiger partial charge in [-0.05, 0) is 30.3 Å². The highest BCUT2D eigenvalue weighted by Crippen LogP contribution is 2.25. The summed E-state index contributed by atoms with van der Waals surface area (Å²) in [6.07, 6.45) is 0. The van der Waals surface area contributed by atoms with Crippen LogP contribution in [0.3, 0.4) is 0 Å². The predicted octanol–water partition coefficient (Wildman–Crippen LogP) is 2.37. The molecule has 4 nitrogen and oxygen atoms in total. The summed E-state index contributed by atoms with van der Waals surface area (Å²) in [7, 11) is 1.61. The van der Waals surface area contributed by atoms with Crippen molar-refractivity contribution in [2.24, 2.45) is 0 Å². The molecule has 0 aliphatic rings. The van der Waals surface area contributed by atoms with E-state index in [0.717, 1.165) is 0 Å². The maximum atomic E-state index is 12.2. The van der Waals surface area contributed by atoms with Crippen molar-refractivity contribution in [2.75, 3.05) is 11.9 Å². The molecule has 0 saturated carbocycles. The Balaban J connectivity index is 2.34. The molecule has 0 heterocycles. The summed E-state index contributed by atoms with van der Waals surface area (Å²) < 4.78 is 0. The van der Waals surface area contributed by atoms with Gasteiger partial charge in [0, 0.05) is 12.7 Å². The maximum absolute atomic E-state index is 12.2. The molecule has 2 N–H and O–H groups in total. The van der Waals surface area contributed by atoms with E-state index in [0.29, 0.717) is 5.69 Å². The van der Waals surface area contributed by atoms with Gasteiger partial charge in [0.25, 0.3) is 5.91 Å². The molecular formula is C14H13NO3. The number of carbonyl (C=O) groups is 1. The average molecular weight is 243 g/mol. The van der Waals surface area contributed by atoms with Gasteiger partial charge in [-0.3, -0.25) is 4.79 Å². The maximum Gasteiger partial charge on any atom is 0.261 e. The zero-order chi connectivity index (χ0) is 13.1. The Hall–Kier alpha value is -2.49. The van der Waals surface area contributed by atoms with Crippen molar-refractivity contribution in [1.29, 1.82) is 0 Å². The molecule has 0 saturated heterocycles. The summed E-state index contributed by atoms with van der Waals surface area (Å²) in [5.41, 5.74) is 0.784. The van der Waals surface area contributed by atoms with Crippen LogP contribution in [0.4, 0.5) is 5.69 Å². The fourth-order valence-electron chi connectivity index (χ4n) is 1.64. The quantitative estimate of drug-likeness (QED) is 0.796. The second kappa shape index (κ2) is 4.79. The first-order chi connectivity index (χ1) is 8.59. The Labute approximate surface area is 105 Å². The first kappa shape index (κ1) is 12.0. The van der Waals surface area contributed by atoms with Gasteiger partial charge in [0.1, 0.15) is 11.5 Å². The summed E-state index contributed by atoms with van der Waals surface area (Å²) in [5, 5.41) is 19.0. The lowest BCUT2D eigenvalue weighted by atomic mass is 10.1. The van der Waals surface area contributed by atoms with Gasteiger partial charge in [0.2, 0.25) is 0 Å². The topological polar surface area (TPSA) is 60.8 Å². The molecule has 18 heavy (non-hydrogen) atoms. The number of anilines is 1. The molecule has 0 atom stereocenters. The molecule has 4 heteroatoms. The standard InChI is InChI=1S/C14H13NO3/c1-15(10-5-3-2-4-6-10)14(18)12-9-11(16)7-8-13(12)17/h2-9,16-17H,1H3. The zero-order valence-corrected chi connectivity index (χ0v) is 9.87. The van der Waals surface area contributed by atoms with Crippen LogP contribution < -0.4 is 4.90 Å². The van der Waals surface area contributed by atoms with Crippen LogP contribution in [0, 0.1) is 0 Å². The van der Waals surface area contributed by atoms with E-state index in [1.165, 1.54) is 23.1 Å². The Morgan fingerprint density at radius 3 is 2.39 bits per heavy atom. The van der Waals surface area contributed by atoms with Gasteiger partial charge >= 0.3 is 0 Å². The molecule has 1 amide bonds. The number of hydrogen-bond acceptors (Lipinski definition) is 3. The van der Waals surface area contributed by atoms with Crippen molar-refractivity contribution in [3.8, 4) is 11.5 Å². The SMILES string of the molecule is CN(C(=O)c1cc(O)ccc1O)c1ccccc1. The van der Waals surface area contributed by atoms with Crippen LogP contribution in [0.2, 0.25) is 0 Å². The third-order valence-electron chi connectivity index (χ3n) is 2.66. The number of carbonyl (C=O) groups excluding carboxylic acids is 1. The fourth-order valence-corrected chi connectivity index (χ4v) is 1.64. The number of phenols is 2. The van der Waals surface area contributed by atoms with Gasteiger partial charge in [-0.1, -0.05) is 18.2 Å². The number of aromatic hydroxyl groups is 2. The van der Waals surface area contributed by atoms with Crippen LogP contribution in [-0.2, 0) is 0 Å². The summed E-state index contributed by atoms with van der Waals surface area (Å²) in [5.74, 6) is -0.590. The summed E-state index contributed by atoms with van der Waals surface area (Å²) in [6, 6.07) is 12.9. The first-order valence-electron chi connectivity index (χ1n) is 5.44. The number of hydrogen-bond donors (Lipinski definition) is 2. The molecule has 0 aliphatic heterocycles. The largest absolute Gasteiger partial charge is 0.508 e. The average Bonchev–Trinajstić information content (AvgIpc) is 2.41. The lowest BCUT2D eigenvalue weighted by Gasteiger charge is -2.17. The molecule has 92 valence electrons. The Morgan fingerprint density at radius 2 is 1.72 bits per heavy atom. The number of phenolic OH excluding ortho intramolecular Hbond substituents is 2. The van der Waals surface area contributed by atoms with Crippen molar-refractivity contribution >= 4 is 11.6 Å². The Kier molecular flexibility index (Phi) is 3.19. The van der Waals surface area contributed by atoms with Crippen molar-refractivity contribution in [1.82, 2.24) is 0 Å². The van der Waals surface area contributed by atoms with Gasteiger partial charge in [-0.2, -0.15) is 0 Å². The van der Waals surface area contributed by atoms with E-state index in [2.05, 4.69) is 0 Å². The minimum Gasteiger partial charge on any atom is -0.508 e. The van der Waals surface area contributed by atoms with E-state index in [1.807, 2.05) is 18.2 Å². The van der Waals surface area contributed by atoms with E-state index in [4.69, 9.17) is 0 Å². The minimum atomic E-state index is -0.380. The van der Waals surface area contributed by atoms with Crippen molar-refractivity contribution in [3.63, 3.8) is 0 Å². The highest BCUT2D eigenvalue weighted by atomic mass is 16.3. The monoisotopic (exact) mass is 243 g/mol. The minimum absolute atomic E-state index is 0.0578. The van der Waals surface area contributed by atoms with Crippen molar-refractivity contribution in [2.45, 2.75) is 0 Å². The van der Waals surface area contributed by atoms with Crippen LogP contribution in [0.5, 0.6) is 11.5 Å². The molecule has 2 rings (SSSR count). The van der Waals surface area contributed by atoms with Crippen molar-refractivity contribution in [3.05, 3.63) is 54.1 Å². The van der Waals surface area contributed by atoms with Gasteiger partial charge in [-0.15, -0.1) is 0 Å². The number of amides is 1. The molecule has 0 spiro atoms. The van der Waals surface area contributed by atoms with E-state index >= 15 is 0 Å². The lowest BCUT2D eigenvalue weighted by molar-refractivity contribution is 0.0990. The van der Waals surface area contributed by atoms with E-state index in [9.17, 15) is 15.0 Å². The summed E-state index contributed by atoms with van der Waals surface area (Å²) in [4.78, 5) is 13.6. The van der Waals surface area contributed by atoms with Crippen LogP contribution in [-0.4, -0.2) is 23.2 Å². The summed E-state index contributed by atoms with van der Waals surface area (Å²) in [6.45, 7) is 0. The molecule has 0 bridgehead atoms. The van der Waals surface area contributed by atoms with Crippen LogP contribution in [0.1, 0.15) is 10.4 Å². The number of para-hydroxylation sites is 1. The summed E-state index contributed by atoms with van der Waals surface area (Å²) >= 11 is 0. The Bertz CT molecular complexity index is 567. The highest BCUT2D eigenvalue weighted by molar-refractivity contribution is 6.07. The van der Waals surface area contributed by atoms with Gasteiger partial charge in [0.15, 0.2) is 0 Å². The zero-order valence-electron chi connectivity index (χ0n) is 9.87. The second-order valence-corrected chi connectivity index (χ2v) is 3.90. The first-order valence-corrected chi connectivity index (χ1v) is 5.44. The van der Waals surface area contributed by atoms with Crippen molar-refractivity contribution < 1.29 is 15.0 Å². The smallest absolute Gasteiger partial charge is 0.261 e. The van der Waals surface area contributed by atoms with Crippen LogP contribution in [0.15, 0.2) is 48.5 Å². The van der Waals surface area contributed by atoms with Gasteiger partial charge in [0.05, 0.1) is 5.56 Å². The number of rotatable bonds is 2. The van der Waals surface area contributed by atoms with E-state index in [-0.39, 0.29) is 23.0 Å². The van der Waals surface area contributed by atoms with Crippen LogP contribution in [0.25, 0.3) is 0 Å². The Morgan fingerprint density at radius 1 is 1.06 bits per heavy atom. The molecule has 2 aromatic rings.